The average molecular weight is 624 g/mol. The summed E-state index contributed by atoms with van der Waals surface area (Å²) in [7, 11) is 0. The third-order valence-corrected chi connectivity index (χ3v) is 9.28. The van der Waals surface area contributed by atoms with Crippen LogP contribution < -0.4 is 22.5 Å². The van der Waals surface area contributed by atoms with Crippen LogP contribution in [0.1, 0.15) is 63.1 Å². The van der Waals surface area contributed by atoms with Crippen LogP contribution in [0.3, 0.4) is 0 Å². The van der Waals surface area contributed by atoms with Crippen molar-refractivity contribution in [1.82, 2.24) is 19.9 Å². The van der Waals surface area contributed by atoms with Gasteiger partial charge in [-0.1, -0.05) is 42.4 Å². The Morgan fingerprint density at radius 2 is 1.98 bits per heavy atom. The lowest BCUT2D eigenvalue weighted by molar-refractivity contribution is 0.528. The van der Waals surface area contributed by atoms with E-state index in [4.69, 9.17) is 28.5 Å². The van der Waals surface area contributed by atoms with Crippen molar-refractivity contribution in [2.45, 2.75) is 69.7 Å². The van der Waals surface area contributed by atoms with Gasteiger partial charge in [0.1, 0.15) is 5.65 Å². The van der Waals surface area contributed by atoms with Crippen LogP contribution in [0.15, 0.2) is 53.5 Å². The third kappa shape index (κ3) is 7.86. The highest BCUT2D eigenvalue weighted by Crippen LogP contribution is 2.34. The van der Waals surface area contributed by atoms with Gasteiger partial charge in [0.15, 0.2) is 11.0 Å². The second kappa shape index (κ2) is 13.6. The SMILES string of the molecule is C[C@H](NCC[C@H](C)SC(=N)N)c1ccc(-n2cc3cc(-c4cc(CCCC(N)C5CC5)cc(Cl)c4F)[nH]c3nc2=O)cc1. The van der Waals surface area contributed by atoms with E-state index in [-0.39, 0.29) is 27.5 Å². The smallest absolute Gasteiger partial charge is 0.354 e. The molecule has 1 unspecified atom stereocenters. The van der Waals surface area contributed by atoms with Crippen molar-refractivity contribution in [1.29, 1.82) is 5.41 Å². The van der Waals surface area contributed by atoms with Crippen molar-refractivity contribution in [2.24, 2.45) is 17.4 Å². The predicted octanol–water partition coefficient (Wildman–Crippen LogP) is 6.29. The van der Waals surface area contributed by atoms with E-state index in [9.17, 15) is 4.79 Å². The first-order valence-corrected chi connectivity index (χ1v) is 16.1. The van der Waals surface area contributed by atoms with Gasteiger partial charge < -0.3 is 21.8 Å². The topological polar surface area (TPSA) is 139 Å². The maximum Gasteiger partial charge on any atom is 0.354 e. The summed E-state index contributed by atoms with van der Waals surface area (Å²) in [6.45, 7) is 4.94. The maximum atomic E-state index is 15.2. The van der Waals surface area contributed by atoms with Gasteiger partial charge >= 0.3 is 5.69 Å². The molecule has 0 bridgehead atoms. The van der Waals surface area contributed by atoms with Gasteiger partial charge in [0, 0.05) is 34.5 Å². The van der Waals surface area contributed by atoms with Crippen molar-refractivity contribution < 1.29 is 4.39 Å². The second-order valence-electron chi connectivity index (χ2n) is 11.6. The summed E-state index contributed by atoms with van der Waals surface area (Å²) in [5.74, 6) is 0.147. The van der Waals surface area contributed by atoms with Crippen LogP contribution >= 0.6 is 23.4 Å². The molecule has 7 N–H and O–H groups in total. The molecule has 1 saturated carbocycles. The Hall–Kier alpha value is -3.18. The normalized spacial score (nSPS) is 15.5. The number of hydrogen-bond donors (Lipinski definition) is 5. The summed E-state index contributed by atoms with van der Waals surface area (Å²) in [5.41, 5.74) is 15.3. The molecule has 1 aliphatic carbocycles. The van der Waals surface area contributed by atoms with E-state index in [1.54, 1.807) is 18.3 Å². The molecule has 228 valence electrons. The van der Waals surface area contributed by atoms with Crippen LogP contribution in [0.2, 0.25) is 5.02 Å². The Balaban J connectivity index is 1.30. The van der Waals surface area contributed by atoms with E-state index in [1.807, 2.05) is 30.3 Å². The third-order valence-electron chi connectivity index (χ3n) is 8.12. The van der Waals surface area contributed by atoms with E-state index in [1.165, 1.54) is 29.2 Å². The lowest BCUT2D eigenvalue weighted by Gasteiger charge is -2.17. The van der Waals surface area contributed by atoms with Crippen molar-refractivity contribution in [2.75, 3.05) is 6.54 Å². The molecular weight excluding hydrogens is 585 g/mol. The first-order chi connectivity index (χ1) is 20.6. The summed E-state index contributed by atoms with van der Waals surface area (Å²) in [6.07, 6.45) is 7.67. The van der Waals surface area contributed by atoms with Crippen LogP contribution in [-0.4, -0.2) is 37.5 Å². The van der Waals surface area contributed by atoms with Gasteiger partial charge in [0.05, 0.1) is 16.4 Å². The highest BCUT2D eigenvalue weighted by Gasteiger charge is 2.27. The molecule has 43 heavy (non-hydrogen) atoms. The minimum absolute atomic E-state index is 0.0680. The minimum Gasteiger partial charge on any atom is -0.379 e. The monoisotopic (exact) mass is 623 g/mol. The quantitative estimate of drug-likeness (QED) is 0.0876. The van der Waals surface area contributed by atoms with Crippen molar-refractivity contribution in [3.8, 4) is 16.9 Å². The fourth-order valence-electron chi connectivity index (χ4n) is 5.43. The van der Waals surface area contributed by atoms with E-state index in [2.05, 4.69) is 29.1 Å². The molecule has 0 amide bonds. The first kappa shape index (κ1) is 31.3. The van der Waals surface area contributed by atoms with Crippen LogP contribution in [0.25, 0.3) is 28.0 Å². The molecule has 8 nitrogen and oxygen atoms in total. The zero-order valence-corrected chi connectivity index (χ0v) is 26.1. The van der Waals surface area contributed by atoms with Gasteiger partial charge in [0.25, 0.3) is 0 Å². The number of nitrogens with one attached hydrogen (secondary N) is 3. The number of H-pyrrole nitrogens is 1. The lowest BCUT2D eigenvalue weighted by atomic mass is 10.00. The van der Waals surface area contributed by atoms with Crippen LogP contribution in [0, 0.1) is 17.1 Å². The van der Waals surface area contributed by atoms with Crippen molar-refractivity contribution in [3.63, 3.8) is 0 Å². The number of rotatable bonds is 13. The number of aromatic nitrogens is 3. The number of benzene rings is 2. The molecule has 0 radical (unpaired) electrons. The standard InChI is InChI=1S/C32H39ClFN7OS/c1-18(43-31(36)37)12-13-38-19(2)21-8-10-24(11-9-21)41-17-23-16-28(39-30(23)40-32(41)42)25-14-20(15-26(33)29(25)34)4-3-5-27(35)22-6-7-22/h8-11,14-19,22,27,38H,3-7,12-13,35H2,1-2H3,(H3,36,37)(H,39,40,42)/t18-,19-,27?/m0/s1. The van der Waals surface area contributed by atoms with Crippen molar-refractivity contribution >= 4 is 39.6 Å². The number of nitrogens with zero attached hydrogens (tertiary/aromatic N) is 2. The van der Waals surface area contributed by atoms with E-state index in [0.717, 1.165) is 43.4 Å². The van der Waals surface area contributed by atoms with Gasteiger partial charge in [0.2, 0.25) is 0 Å². The largest absolute Gasteiger partial charge is 0.379 e. The second-order valence-corrected chi connectivity index (χ2v) is 13.4. The van der Waals surface area contributed by atoms with E-state index < -0.39 is 11.5 Å². The summed E-state index contributed by atoms with van der Waals surface area (Å²) >= 11 is 7.66. The Kier molecular flexibility index (Phi) is 9.91. The summed E-state index contributed by atoms with van der Waals surface area (Å²) in [5, 5.41) is 12.1. The molecular formula is C32H39ClFN7OS. The Labute approximate surface area is 260 Å². The number of amidine groups is 1. The van der Waals surface area contributed by atoms with Crippen LogP contribution in [-0.2, 0) is 6.42 Å². The molecule has 2 aromatic carbocycles. The van der Waals surface area contributed by atoms with Crippen molar-refractivity contribution in [3.05, 3.63) is 81.1 Å². The number of halogens is 2. The lowest BCUT2D eigenvalue weighted by Crippen LogP contribution is -2.23. The molecule has 1 aliphatic rings. The van der Waals surface area contributed by atoms with E-state index in [0.29, 0.717) is 33.9 Å². The van der Waals surface area contributed by atoms with Gasteiger partial charge in [-0.3, -0.25) is 9.98 Å². The molecule has 2 aromatic heterocycles. The molecule has 1 fully saturated rings. The average Bonchev–Trinajstić information content (AvgIpc) is 3.74. The molecule has 0 aliphatic heterocycles. The van der Waals surface area contributed by atoms with E-state index >= 15 is 4.39 Å². The molecule has 4 aromatic rings. The van der Waals surface area contributed by atoms with Gasteiger partial charge in [-0.2, -0.15) is 4.98 Å². The zero-order chi connectivity index (χ0) is 30.7. The number of aromatic amines is 1. The summed E-state index contributed by atoms with van der Waals surface area (Å²) in [6, 6.07) is 13.4. The predicted molar refractivity (Wildman–Crippen MR) is 176 cm³/mol. The molecule has 11 heteroatoms. The number of hydrogen-bond acceptors (Lipinski definition) is 6. The highest BCUT2D eigenvalue weighted by molar-refractivity contribution is 8.14. The molecule has 0 spiro atoms. The fourth-order valence-corrected chi connectivity index (χ4v) is 6.34. The number of nitrogens with two attached hydrogens (primary N) is 2. The number of fused-ring (bicyclic) bond motifs is 1. The summed E-state index contributed by atoms with van der Waals surface area (Å²) in [4.78, 5) is 20.3. The minimum atomic E-state index is -0.507. The Bertz CT molecular complexity index is 1650. The summed E-state index contributed by atoms with van der Waals surface area (Å²) < 4.78 is 16.7. The number of aryl methyl sites for hydroxylation is 1. The molecule has 3 atom stereocenters. The fraction of sp³-hybridized carbons (Fsp3) is 0.406. The van der Waals surface area contributed by atoms with Gasteiger partial charge in [-0.25, -0.2) is 9.18 Å². The van der Waals surface area contributed by atoms with Crippen LogP contribution in [0.5, 0.6) is 0 Å². The Morgan fingerprint density at radius 3 is 2.67 bits per heavy atom. The Morgan fingerprint density at radius 1 is 1.23 bits per heavy atom. The number of thioether (sulfide) groups is 1. The molecule has 2 heterocycles. The maximum absolute atomic E-state index is 15.2. The van der Waals surface area contributed by atoms with Gasteiger partial charge in [-0.15, -0.1) is 0 Å². The van der Waals surface area contributed by atoms with Crippen LogP contribution in [0.4, 0.5) is 4.39 Å². The highest BCUT2D eigenvalue weighted by atomic mass is 35.5. The molecule has 5 rings (SSSR count). The zero-order valence-electron chi connectivity index (χ0n) is 24.5. The van der Waals surface area contributed by atoms with Gasteiger partial charge in [-0.05, 0) is 99.4 Å². The first-order valence-electron chi connectivity index (χ1n) is 14.8. The molecule has 0 saturated heterocycles.